The molecule has 6 heteroatoms. The number of hydrogen-bond donors (Lipinski definition) is 0. The molecule has 26 heavy (non-hydrogen) atoms. The Morgan fingerprint density at radius 1 is 1.15 bits per heavy atom. The van der Waals surface area contributed by atoms with Crippen LogP contribution in [0.1, 0.15) is 35.3 Å². The van der Waals surface area contributed by atoms with Crippen molar-refractivity contribution in [3.63, 3.8) is 0 Å². The zero-order valence-electron chi connectivity index (χ0n) is 14.8. The van der Waals surface area contributed by atoms with Gasteiger partial charge in [0.2, 0.25) is 5.91 Å². The number of hydrogen-bond acceptors (Lipinski definition) is 2. The Balaban J connectivity index is 1.82. The summed E-state index contributed by atoms with van der Waals surface area (Å²) in [4.78, 5) is 27.7. The van der Waals surface area contributed by atoms with Gasteiger partial charge in [-0.15, -0.1) is 0 Å². The number of benzene rings is 2. The highest BCUT2D eigenvalue weighted by Gasteiger charge is 2.24. The Hall–Kier alpha value is -2.76. The van der Waals surface area contributed by atoms with Crippen LogP contribution in [0.4, 0.5) is 14.5 Å². The van der Waals surface area contributed by atoms with E-state index in [0.717, 1.165) is 17.3 Å². The van der Waals surface area contributed by atoms with Gasteiger partial charge >= 0.3 is 0 Å². The summed E-state index contributed by atoms with van der Waals surface area (Å²) < 4.78 is 27.0. The molecule has 1 aliphatic rings. The van der Waals surface area contributed by atoms with Crippen molar-refractivity contribution in [2.45, 2.75) is 26.8 Å². The molecule has 2 amide bonds. The molecule has 0 saturated carbocycles. The molecule has 0 spiro atoms. The Morgan fingerprint density at radius 2 is 1.92 bits per heavy atom. The first-order chi connectivity index (χ1) is 12.4. The van der Waals surface area contributed by atoms with Gasteiger partial charge in [0.05, 0.1) is 0 Å². The van der Waals surface area contributed by atoms with E-state index in [4.69, 9.17) is 0 Å². The largest absolute Gasteiger partial charge is 0.334 e. The van der Waals surface area contributed by atoms with E-state index in [9.17, 15) is 18.4 Å². The Labute approximate surface area is 151 Å². The van der Waals surface area contributed by atoms with Crippen molar-refractivity contribution in [3.05, 3.63) is 64.7 Å². The summed E-state index contributed by atoms with van der Waals surface area (Å²) in [5.41, 5.74) is 2.56. The predicted octanol–water partition coefficient (Wildman–Crippen LogP) is 3.54. The maximum Gasteiger partial charge on any atom is 0.254 e. The molecular weight excluding hydrogens is 338 g/mol. The van der Waals surface area contributed by atoms with E-state index in [0.29, 0.717) is 25.1 Å². The summed E-state index contributed by atoms with van der Waals surface area (Å²) in [6.45, 7) is 4.40. The maximum atomic E-state index is 13.9. The molecule has 0 N–H and O–H groups in total. The van der Waals surface area contributed by atoms with Gasteiger partial charge in [-0.25, -0.2) is 8.78 Å². The first-order valence-electron chi connectivity index (χ1n) is 8.55. The first kappa shape index (κ1) is 18.0. The highest BCUT2D eigenvalue weighted by atomic mass is 19.1. The van der Waals surface area contributed by atoms with Crippen LogP contribution < -0.4 is 4.90 Å². The lowest BCUT2D eigenvalue weighted by molar-refractivity contribution is -0.116. The van der Waals surface area contributed by atoms with Crippen LogP contribution >= 0.6 is 0 Å². The second kappa shape index (κ2) is 7.23. The summed E-state index contributed by atoms with van der Waals surface area (Å²) in [6, 6.07) is 8.62. The SMILES string of the molecule is CCN(Cc1ccc(F)cc1F)C(=O)c1ccc2c(c1)CCN2C(C)=O. The number of anilines is 1. The van der Waals surface area contributed by atoms with Crippen LogP contribution in [-0.2, 0) is 17.8 Å². The second-order valence-electron chi connectivity index (χ2n) is 6.32. The van der Waals surface area contributed by atoms with Gasteiger partial charge in [0.15, 0.2) is 0 Å². The first-order valence-corrected chi connectivity index (χ1v) is 8.55. The highest BCUT2D eigenvalue weighted by molar-refractivity contribution is 5.97. The molecule has 0 radical (unpaired) electrons. The molecule has 1 aliphatic heterocycles. The number of amides is 2. The number of halogens is 2. The average Bonchev–Trinajstić information content (AvgIpc) is 3.04. The molecule has 0 atom stereocenters. The predicted molar refractivity (Wildman–Crippen MR) is 94.9 cm³/mol. The van der Waals surface area contributed by atoms with E-state index in [1.54, 1.807) is 23.1 Å². The van der Waals surface area contributed by atoms with Crippen molar-refractivity contribution in [2.24, 2.45) is 0 Å². The quantitative estimate of drug-likeness (QED) is 0.839. The number of fused-ring (bicyclic) bond motifs is 1. The molecule has 0 fully saturated rings. The van der Waals surface area contributed by atoms with Crippen molar-refractivity contribution in [2.75, 3.05) is 18.0 Å². The number of rotatable bonds is 4. The van der Waals surface area contributed by atoms with E-state index in [1.165, 1.54) is 24.0 Å². The molecule has 0 saturated heterocycles. The molecule has 136 valence electrons. The van der Waals surface area contributed by atoms with E-state index in [2.05, 4.69) is 0 Å². The third kappa shape index (κ3) is 3.45. The average molecular weight is 358 g/mol. The van der Waals surface area contributed by atoms with E-state index < -0.39 is 11.6 Å². The summed E-state index contributed by atoms with van der Waals surface area (Å²) in [6.07, 6.45) is 0.703. The van der Waals surface area contributed by atoms with Gasteiger partial charge in [0.1, 0.15) is 11.6 Å². The molecule has 2 aromatic carbocycles. The van der Waals surface area contributed by atoms with Gasteiger partial charge in [-0.05, 0) is 43.2 Å². The summed E-state index contributed by atoms with van der Waals surface area (Å²) >= 11 is 0. The molecular formula is C20H20F2N2O2. The van der Waals surface area contributed by atoms with Gasteiger partial charge in [0, 0.05) is 49.4 Å². The monoisotopic (exact) mass is 358 g/mol. The molecule has 1 heterocycles. The normalized spacial score (nSPS) is 12.8. The molecule has 0 aliphatic carbocycles. The Bertz CT molecular complexity index is 867. The van der Waals surface area contributed by atoms with E-state index in [-0.39, 0.29) is 23.9 Å². The van der Waals surface area contributed by atoms with Crippen LogP contribution in [0.15, 0.2) is 36.4 Å². The van der Waals surface area contributed by atoms with Crippen molar-refractivity contribution in [1.29, 1.82) is 0 Å². The van der Waals surface area contributed by atoms with Crippen LogP contribution in [0, 0.1) is 11.6 Å². The number of carbonyl (C=O) groups excluding carboxylic acids is 2. The molecule has 0 unspecified atom stereocenters. The highest BCUT2D eigenvalue weighted by Crippen LogP contribution is 2.29. The molecule has 3 rings (SSSR count). The fourth-order valence-corrected chi connectivity index (χ4v) is 3.23. The van der Waals surface area contributed by atoms with Gasteiger partial charge < -0.3 is 9.80 Å². The number of nitrogens with zero attached hydrogens (tertiary/aromatic N) is 2. The van der Waals surface area contributed by atoms with Gasteiger partial charge in [0.25, 0.3) is 5.91 Å². The van der Waals surface area contributed by atoms with Crippen molar-refractivity contribution in [1.82, 2.24) is 4.90 Å². The summed E-state index contributed by atoms with van der Waals surface area (Å²) in [5, 5.41) is 0. The van der Waals surface area contributed by atoms with Gasteiger partial charge in [-0.3, -0.25) is 9.59 Å². The second-order valence-corrected chi connectivity index (χ2v) is 6.32. The summed E-state index contributed by atoms with van der Waals surface area (Å²) in [7, 11) is 0. The molecule has 0 bridgehead atoms. The van der Waals surface area contributed by atoms with Crippen LogP contribution in [-0.4, -0.2) is 29.8 Å². The Morgan fingerprint density at radius 3 is 2.58 bits per heavy atom. The zero-order chi connectivity index (χ0) is 18.8. The minimum atomic E-state index is -0.665. The van der Waals surface area contributed by atoms with Crippen LogP contribution in [0.25, 0.3) is 0 Å². The third-order valence-corrected chi connectivity index (χ3v) is 4.65. The third-order valence-electron chi connectivity index (χ3n) is 4.65. The topological polar surface area (TPSA) is 40.6 Å². The van der Waals surface area contributed by atoms with Gasteiger partial charge in [-0.1, -0.05) is 6.07 Å². The van der Waals surface area contributed by atoms with Gasteiger partial charge in [-0.2, -0.15) is 0 Å². The van der Waals surface area contributed by atoms with E-state index in [1.807, 2.05) is 6.92 Å². The lowest BCUT2D eigenvalue weighted by Gasteiger charge is -2.22. The van der Waals surface area contributed by atoms with Crippen LogP contribution in [0.2, 0.25) is 0 Å². The maximum absolute atomic E-state index is 13.9. The number of carbonyl (C=O) groups is 2. The van der Waals surface area contributed by atoms with Crippen LogP contribution in [0.3, 0.4) is 0 Å². The minimum Gasteiger partial charge on any atom is -0.334 e. The van der Waals surface area contributed by atoms with Crippen molar-refractivity contribution >= 4 is 17.5 Å². The fourth-order valence-electron chi connectivity index (χ4n) is 3.23. The molecule has 0 aromatic heterocycles. The standard InChI is InChI=1S/C20H20F2N2O2/c1-3-23(12-16-4-6-17(21)11-18(16)22)20(26)15-5-7-19-14(10-15)8-9-24(19)13(2)25/h4-7,10-11H,3,8-9,12H2,1-2H3. The lowest BCUT2D eigenvalue weighted by Crippen LogP contribution is -2.30. The molecule has 2 aromatic rings. The van der Waals surface area contributed by atoms with E-state index >= 15 is 0 Å². The van der Waals surface area contributed by atoms with Crippen molar-refractivity contribution in [3.8, 4) is 0 Å². The molecule has 4 nitrogen and oxygen atoms in total. The summed E-state index contributed by atoms with van der Waals surface area (Å²) in [5.74, 6) is -1.55. The minimum absolute atomic E-state index is 0.0233. The zero-order valence-corrected chi connectivity index (χ0v) is 14.8. The lowest BCUT2D eigenvalue weighted by atomic mass is 10.1. The smallest absolute Gasteiger partial charge is 0.254 e. The van der Waals surface area contributed by atoms with Crippen LogP contribution in [0.5, 0.6) is 0 Å². The Kier molecular flexibility index (Phi) is 5.02. The fraction of sp³-hybridized carbons (Fsp3) is 0.300. The van der Waals surface area contributed by atoms with Crippen molar-refractivity contribution < 1.29 is 18.4 Å².